The van der Waals surface area contributed by atoms with E-state index in [1.165, 1.54) is 0 Å². The van der Waals surface area contributed by atoms with E-state index < -0.39 is 16.7 Å². The number of ketones is 1. The summed E-state index contributed by atoms with van der Waals surface area (Å²) in [6.45, 7) is 3.46. The summed E-state index contributed by atoms with van der Waals surface area (Å²) < 4.78 is 27.5. The van der Waals surface area contributed by atoms with Gasteiger partial charge in [0.05, 0.1) is 0 Å². The molecular weight excluding hydrogens is 379 g/mol. The van der Waals surface area contributed by atoms with Crippen molar-refractivity contribution >= 4 is 45.2 Å². The maximum atomic E-state index is 12.0. The lowest BCUT2D eigenvalue weighted by atomic mass is 10.1. The Balaban J connectivity index is 2.29. The van der Waals surface area contributed by atoms with E-state index in [0.29, 0.717) is 14.9 Å². The second-order valence-electron chi connectivity index (χ2n) is 4.73. The Morgan fingerprint density at radius 3 is 2.32 bits per heavy atom. The molecular formula is C13H12IO4S-. The van der Waals surface area contributed by atoms with Crippen molar-refractivity contribution in [3.63, 3.8) is 0 Å². The molecule has 1 aromatic rings. The van der Waals surface area contributed by atoms with Crippen molar-refractivity contribution in [3.05, 3.63) is 39.0 Å². The third-order valence-corrected chi connectivity index (χ3v) is 4.35. The van der Waals surface area contributed by atoms with Crippen LogP contribution in [0.4, 0.5) is 0 Å². The van der Waals surface area contributed by atoms with Crippen LogP contribution in [0, 0.1) is 0 Å². The number of carbonyl (C=O) groups is 1. The Kier molecular flexibility index (Phi) is 4.12. The van der Waals surface area contributed by atoms with Crippen LogP contribution < -0.4 is 0 Å². The van der Waals surface area contributed by atoms with Gasteiger partial charge in [-0.3, -0.25) is 9.00 Å². The van der Waals surface area contributed by atoms with Crippen LogP contribution in [0.3, 0.4) is 0 Å². The van der Waals surface area contributed by atoms with Crippen LogP contribution in [-0.4, -0.2) is 20.1 Å². The standard InChI is InChI=1S/C13H13IO4S/c1-13(2)12(15)10(14)11(18-13)9-5-3-8(4-6-9)7-19(16)17/h3-6H,7H2,1-2H3,(H,16,17)/p-1. The van der Waals surface area contributed by atoms with Gasteiger partial charge in [0.15, 0.2) is 5.60 Å². The lowest BCUT2D eigenvalue weighted by Crippen LogP contribution is -2.28. The molecule has 102 valence electrons. The molecule has 0 saturated heterocycles. The summed E-state index contributed by atoms with van der Waals surface area (Å²) in [6.07, 6.45) is 0. The summed E-state index contributed by atoms with van der Waals surface area (Å²) in [4.78, 5) is 12.0. The highest BCUT2D eigenvalue weighted by atomic mass is 127. The third kappa shape index (κ3) is 3.06. The molecule has 0 aromatic heterocycles. The van der Waals surface area contributed by atoms with E-state index in [0.717, 1.165) is 5.56 Å². The minimum absolute atomic E-state index is 0.0122. The summed E-state index contributed by atoms with van der Waals surface area (Å²) in [6, 6.07) is 6.98. The molecule has 1 aliphatic heterocycles. The molecule has 1 unspecified atom stereocenters. The van der Waals surface area contributed by atoms with Gasteiger partial charge < -0.3 is 9.29 Å². The van der Waals surface area contributed by atoms with Gasteiger partial charge in [0.2, 0.25) is 5.78 Å². The Morgan fingerprint density at radius 1 is 1.32 bits per heavy atom. The average molecular weight is 391 g/mol. The average Bonchev–Trinajstić information content (AvgIpc) is 2.53. The fraction of sp³-hybridized carbons (Fsp3) is 0.308. The summed E-state index contributed by atoms with van der Waals surface area (Å²) in [5, 5.41) is 0. The van der Waals surface area contributed by atoms with Crippen molar-refractivity contribution in [1.29, 1.82) is 0 Å². The van der Waals surface area contributed by atoms with Crippen molar-refractivity contribution in [3.8, 4) is 0 Å². The Labute approximate surface area is 127 Å². The van der Waals surface area contributed by atoms with Gasteiger partial charge in [0.25, 0.3) is 0 Å². The highest BCUT2D eigenvalue weighted by Gasteiger charge is 2.41. The van der Waals surface area contributed by atoms with E-state index in [-0.39, 0.29) is 11.5 Å². The lowest BCUT2D eigenvalue weighted by molar-refractivity contribution is -0.125. The van der Waals surface area contributed by atoms with Crippen LogP contribution in [0.1, 0.15) is 25.0 Å². The number of rotatable bonds is 3. The number of hydrogen-bond donors (Lipinski definition) is 0. The van der Waals surface area contributed by atoms with Crippen LogP contribution in [0.2, 0.25) is 0 Å². The molecule has 2 rings (SSSR count). The number of hydrogen-bond acceptors (Lipinski definition) is 4. The van der Waals surface area contributed by atoms with Crippen LogP contribution in [-0.2, 0) is 26.4 Å². The number of halogens is 1. The number of Topliss-reactive ketones (excluding diaryl/α,β-unsaturated/α-hetero) is 1. The second kappa shape index (κ2) is 5.34. The number of benzene rings is 1. The predicted molar refractivity (Wildman–Crippen MR) is 80.2 cm³/mol. The van der Waals surface area contributed by atoms with Gasteiger partial charge in [0.1, 0.15) is 9.34 Å². The molecule has 0 N–H and O–H groups in total. The van der Waals surface area contributed by atoms with Crippen LogP contribution >= 0.6 is 22.6 Å². The molecule has 4 nitrogen and oxygen atoms in total. The van der Waals surface area contributed by atoms with Crippen molar-refractivity contribution in [2.24, 2.45) is 0 Å². The van der Waals surface area contributed by atoms with Crippen molar-refractivity contribution in [2.75, 3.05) is 0 Å². The molecule has 0 saturated carbocycles. The van der Waals surface area contributed by atoms with E-state index in [1.54, 1.807) is 38.1 Å². The van der Waals surface area contributed by atoms with Crippen molar-refractivity contribution < 1.29 is 18.3 Å². The van der Waals surface area contributed by atoms with E-state index in [9.17, 15) is 13.6 Å². The SMILES string of the molecule is CC1(C)OC(c2ccc(CS(=O)[O-])cc2)=C(I)C1=O. The first-order chi connectivity index (χ1) is 8.81. The van der Waals surface area contributed by atoms with Gasteiger partial charge in [-0.05, 0) is 42.0 Å². The topological polar surface area (TPSA) is 66.4 Å². The van der Waals surface area contributed by atoms with Gasteiger partial charge in [-0.15, -0.1) is 0 Å². The Morgan fingerprint density at radius 2 is 1.89 bits per heavy atom. The zero-order valence-corrected chi connectivity index (χ0v) is 13.4. The van der Waals surface area contributed by atoms with Crippen LogP contribution in [0.25, 0.3) is 5.76 Å². The molecule has 1 atom stereocenters. The zero-order valence-electron chi connectivity index (χ0n) is 10.4. The summed E-state index contributed by atoms with van der Waals surface area (Å²) in [5.41, 5.74) is 0.654. The van der Waals surface area contributed by atoms with Gasteiger partial charge in [0, 0.05) is 11.3 Å². The first kappa shape index (κ1) is 14.7. The first-order valence-corrected chi connectivity index (χ1v) is 7.92. The zero-order chi connectivity index (χ0) is 14.2. The van der Waals surface area contributed by atoms with Crippen LogP contribution in [0.5, 0.6) is 0 Å². The maximum Gasteiger partial charge on any atom is 0.215 e. The molecule has 0 fully saturated rings. The molecule has 0 spiro atoms. The minimum atomic E-state index is -2.10. The second-order valence-corrected chi connectivity index (χ2v) is 6.70. The summed E-state index contributed by atoms with van der Waals surface area (Å²) in [7, 11) is 0. The molecule has 19 heavy (non-hydrogen) atoms. The maximum absolute atomic E-state index is 12.0. The van der Waals surface area contributed by atoms with Crippen LogP contribution in [0.15, 0.2) is 27.8 Å². The Hall–Kier alpha value is -0.730. The molecule has 0 aliphatic carbocycles. The molecule has 0 radical (unpaired) electrons. The smallest absolute Gasteiger partial charge is 0.215 e. The fourth-order valence-corrected chi connectivity index (χ4v) is 3.32. The van der Waals surface area contributed by atoms with E-state index in [4.69, 9.17) is 4.74 Å². The molecule has 1 aromatic carbocycles. The normalized spacial score (nSPS) is 19.5. The summed E-state index contributed by atoms with van der Waals surface area (Å²) in [5.74, 6) is 0.514. The molecule has 6 heteroatoms. The van der Waals surface area contributed by atoms with E-state index >= 15 is 0 Å². The highest BCUT2D eigenvalue weighted by Crippen LogP contribution is 2.39. The molecule has 1 aliphatic rings. The van der Waals surface area contributed by atoms with Gasteiger partial charge in [-0.25, -0.2) is 0 Å². The number of carbonyl (C=O) groups excluding carboxylic acids is 1. The van der Waals surface area contributed by atoms with Gasteiger partial charge >= 0.3 is 0 Å². The highest BCUT2D eigenvalue weighted by molar-refractivity contribution is 14.1. The predicted octanol–water partition coefficient (Wildman–Crippen LogP) is 2.55. The monoisotopic (exact) mass is 391 g/mol. The fourth-order valence-electron chi connectivity index (χ4n) is 1.79. The largest absolute Gasteiger partial charge is 0.772 e. The minimum Gasteiger partial charge on any atom is -0.772 e. The van der Waals surface area contributed by atoms with E-state index in [1.807, 2.05) is 22.6 Å². The number of ether oxygens (including phenoxy) is 1. The molecule has 0 bridgehead atoms. The Bertz CT molecular complexity index is 575. The lowest BCUT2D eigenvalue weighted by Gasteiger charge is -2.17. The van der Waals surface area contributed by atoms with E-state index in [2.05, 4.69) is 0 Å². The van der Waals surface area contributed by atoms with Gasteiger partial charge in [-0.1, -0.05) is 35.3 Å². The molecule has 0 amide bonds. The first-order valence-electron chi connectivity index (χ1n) is 5.60. The van der Waals surface area contributed by atoms with Gasteiger partial charge in [-0.2, -0.15) is 0 Å². The summed E-state index contributed by atoms with van der Waals surface area (Å²) >= 11 is -0.115. The third-order valence-electron chi connectivity index (χ3n) is 2.80. The van der Waals surface area contributed by atoms with Crippen molar-refractivity contribution in [1.82, 2.24) is 0 Å². The quantitative estimate of drug-likeness (QED) is 0.587. The van der Waals surface area contributed by atoms with Crippen molar-refractivity contribution in [2.45, 2.75) is 25.2 Å². The molecule has 1 heterocycles.